The van der Waals surface area contributed by atoms with Gasteiger partial charge in [-0.1, -0.05) is 32.1 Å². The van der Waals surface area contributed by atoms with Crippen LogP contribution in [0.25, 0.3) is 0 Å². The van der Waals surface area contributed by atoms with E-state index in [2.05, 4.69) is 4.98 Å². The zero-order valence-electron chi connectivity index (χ0n) is 17.0. The van der Waals surface area contributed by atoms with Gasteiger partial charge in [0.15, 0.2) is 0 Å². The number of methoxy groups -OCH3 is 1. The summed E-state index contributed by atoms with van der Waals surface area (Å²) in [5, 5.41) is 0. The van der Waals surface area contributed by atoms with E-state index >= 15 is 0 Å². The predicted molar refractivity (Wildman–Crippen MR) is 108 cm³/mol. The highest BCUT2D eigenvalue weighted by atomic mass is 32.2. The molecular formula is C21H32N2O3S. The van der Waals surface area contributed by atoms with Crippen molar-refractivity contribution in [1.29, 1.82) is 0 Å². The molecule has 1 amide bonds. The number of aromatic nitrogens is 1. The van der Waals surface area contributed by atoms with Crippen LogP contribution in [0, 0.1) is 5.92 Å². The van der Waals surface area contributed by atoms with Gasteiger partial charge >= 0.3 is 0 Å². The SMILES string of the molecule is COc1ccc2c(n1)CC(CCC1CCCCC1)N(S(=O)C(C)(C)C)C2=O. The molecule has 150 valence electrons. The number of amides is 1. The molecule has 0 saturated heterocycles. The molecule has 2 heterocycles. The fourth-order valence-corrected chi connectivity index (χ4v) is 5.45. The van der Waals surface area contributed by atoms with Gasteiger partial charge in [0.05, 0.1) is 29.2 Å². The van der Waals surface area contributed by atoms with Crippen molar-refractivity contribution in [2.24, 2.45) is 5.92 Å². The van der Waals surface area contributed by atoms with Crippen LogP contribution in [0.4, 0.5) is 0 Å². The predicted octanol–water partition coefficient (Wildman–Crippen LogP) is 4.28. The lowest BCUT2D eigenvalue weighted by molar-refractivity contribution is 0.0792. The number of nitrogens with zero attached hydrogens (tertiary/aromatic N) is 2. The molecule has 0 spiro atoms. The fraction of sp³-hybridized carbons (Fsp3) is 0.714. The number of ether oxygens (including phenoxy) is 1. The zero-order chi connectivity index (χ0) is 19.6. The molecule has 0 N–H and O–H groups in total. The van der Waals surface area contributed by atoms with Crippen LogP contribution >= 0.6 is 0 Å². The quantitative estimate of drug-likeness (QED) is 0.750. The van der Waals surface area contributed by atoms with Gasteiger partial charge in [-0.3, -0.25) is 9.10 Å². The highest BCUT2D eigenvalue weighted by Gasteiger charge is 2.40. The third-order valence-electron chi connectivity index (χ3n) is 5.68. The minimum Gasteiger partial charge on any atom is -0.481 e. The largest absolute Gasteiger partial charge is 0.481 e. The van der Waals surface area contributed by atoms with Crippen LogP contribution in [0.5, 0.6) is 5.88 Å². The molecule has 1 fully saturated rings. The summed E-state index contributed by atoms with van der Waals surface area (Å²) in [5.74, 6) is 1.10. The second kappa shape index (κ2) is 8.29. The minimum atomic E-state index is -1.38. The van der Waals surface area contributed by atoms with Crippen LogP contribution in [0.15, 0.2) is 12.1 Å². The Morgan fingerprint density at radius 3 is 2.52 bits per heavy atom. The Kier molecular flexibility index (Phi) is 6.24. The highest BCUT2D eigenvalue weighted by Crippen LogP contribution is 2.34. The first-order valence-electron chi connectivity index (χ1n) is 10.1. The lowest BCUT2D eigenvalue weighted by atomic mass is 9.84. The van der Waals surface area contributed by atoms with Crippen molar-refractivity contribution < 1.29 is 13.7 Å². The van der Waals surface area contributed by atoms with E-state index in [4.69, 9.17) is 4.74 Å². The van der Waals surface area contributed by atoms with E-state index in [9.17, 15) is 9.00 Å². The molecule has 3 rings (SSSR count). The van der Waals surface area contributed by atoms with E-state index in [-0.39, 0.29) is 11.9 Å². The van der Waals surface area contributed by atoms with Crippen molar-refractivity contribution in [2.75, 3.05) is 7.11 Å². The Morgan fingerprint density at radius 1 is 1.19 bits per heavy atom. The summed E-state index contributed by atoms with van der Waals surface area (Å²) in [6.07, 6.45) is 9.16. The molecule has 1 aromatic heterocycles. The van der Waals surface area contributed by atoms with Gasteiger partial charge in [-0.25, -0.2) is 9.19 Å². The smallest absolute Gasteiger partial charge is 0.267 e. The van der Waals surface area contributed by atoms with Crippen molar-refractivity contribution in [2.45, 2.75) is 82.9 Å². The first-order valence-corrected chi connectivity index (χ1v) is 11.2. The molecule has 2 atom stereocenters. The summed E-state index contributed by atoms with van der Waals surface area (Å²) >= 11 is 0. The molecule has 0 radical (unpaired) electrons. The number of fused-ring (bicyclic) bond motifs is 1. The Labute approximate surface area is 165 Å². The monoisotopic (exact) mass is 392 g/mol. The van der Waals surface area contributed by atoms with Gasteiger partial charge in [-0.2, -0.15) is 0 Å². The molecule has 6 heteroatoms. The van der Waals surface area contributed by atoms with E-state index in [1.54, 1.807) is 23.5 Å². The van der Waals surface area contributed by atoms with Crippen molar-refractivity contribution in [1.82, 2.24) is 9.29 Å². The summed E-state index contributed by atoms with van der Waals surface area (Å²) in [7, 11) is 0.204. The van der Waals surface area contributed by atoms with Gasteiger partial charge in [0.1, 0.15) is 11.0 Å². The number of rotatable bonds is 5. The van der Waals surface area contributed by atoms with E-state index in [1.165, 1.54) is 32.1 Å². The van der Waals surface area contributed by atoms with Gasteiger partial charge in [-0.15, -0.1) is 0 Å². The van der Waals surface area contributed by atoms with E-state index in [0.717, 1.165) is 24.5 Å². The van der Waals surface area contributed by atoms with Crippen LogP contribution in [0.1, 0.15) is 81.8 Å². The first-order chi connectivity index (χ1) is 12.8. The highest BCUT2D eigenvalue weighted by molar-refractivity contribution is 7.84. The number of hydrogen-bond acceptors (Lipinski definition) is 4. The third-order valence-corrected chi connectivity index (χ3v) is 7.55. The minimum absolute atomic E-state index is 0.0633. The average Bonchev–Trinajstić information content (AvgIpc) is 2.65. The van der Waals surface area contributed by atoms with Gasteiger partial charge in [-0.05, 0) is 45.6 Å². The molecule has 2 aliphatic rings. The number of hydrogen-bond donors (Lipinski definition) is 0. The number of carbonyl (C=O) groups is 1. The lowest BCUT2D eigenvalue weighted by Gasteiger charge is -2.39. The summed E-state index contributed by atoms with van der Waals surface area (Å²) in [6.45, 7) is 5.78. The van der Waals surface area contributed by atoms with Crippen LogP contribution < -0.4 is 4.74 Å². The van der Waals surface area contributed by atoms with Gasteiger partial charge in [0.25, 0.3) is 5.91 Å². The fourth-order valence-electron chi connectivity index (χ4n) is 4.16. The molecule has 1 saturated carbocycles. The van der Waals surface area contributed by atoms with E-state index in [1.807, 2.05) is 20.8 Å². The second-order valence-corrected chi connectivity index (χ2v) is 10.9. The molecule has 5 nitrogen and oxygen atoms in total. The summed E-state index contributed by atoms with van der Waals surface area (Å²) < 4.78 is 19.6. The summed E-state index contributed by atoms with van der Waals surface area (Å²) in [4.78, 5) is 17.7. The van der Waals surface area contributed by atoms with Crippen LogP contribution in [0.2, 0.25) is 0 Å². The summed E-state index contributed by atoms with van der Waals surface area (Å²) in [6, 6.07) is 3.40. The Balaban J connectivity index is 1.86. The van der Waals surface area contributed by atoms with Crippen LogP contribution in [0.3, 0.4) is 0 Å². The van der Waals surface area contributed by atoms with Gasteiger partial charge in [0.2, 0.25) is 5.88 Å². The Hall–Kier alpha value is -1.43. The van der Waals surface area contributed by atoms with E-state index in [0.29, 0.717) is 17.9 Å². The standard InChI is InChI=1S/C21H32N2O3S/c1-21(2,3)27(25)23-16(11-10-15-8-6-5-7-9-15)14-18-17(20(23)24)12-13-19(22-18)26-4/h12-13,15-16H,5-11,14H2,1-4H3. The van der Waals surface area contributed by atoms with Gasteiger partial charge in [0, 0.05) is 12.5 Å². The third kappa shape index (κ3) is 4.53. The molecule has 0 bridgehead atoms. The van der Waals surface area contributed by atoms with E-state index < -0.39 is 15.7 Å². The Bertz CT molecular complexity index is 708. The normalized spacial score (nSPS) is 22.4. The van der Waals surface area contributed by atoms with Crippen molar-refractivity contribution in [3.8, 4) is 5.88 Å². The molecule has 0 aromatic carbocycles. The number of carbonyl (C=O) groups excluding carboxylic acids is 1. The number of pyridine rings is 1. The molecule has 1 aliphatic heterocycles. The summed E-state index contributed by atoms with van der Waals surface area (Å²) in [5.41, 5.74) is 1.33. The maximum Gasteiger partial charge on any atom is 0.267 e. The van der Waals surface area contributed by atoms with Crippen molar-refractivity contribution >= 4 is 16.9 Å². The van der Waals surface area contributed by atoms with Crippen molar-refractivity contribution in [3.05, 3.63) is 23.4 Å². The molecule has 2 unspecified atom stereocenters. The zero-order valence-corrected chi connectivity index (χ0v) is 17.8. The lowest BCUT2D eigenvalue weighted by Crippen LogP contribution is -2.51. The molecular weight excluding hydrogens is 360 g/mol. The van der Waals surface area contributed by atoms with Crippen LogP contribution in [-0.4, -0.2) is 37.3 Å². The maximum absolute atomic E-state index is 13.2. The molecule has 1 aromatic rings. The van der Waals surface area contributed by atoms with Crippen LogP contribution in [-0.2, 0) is 17.4 Å². The Morgan fingerprint density at radius 2 is 1.89 bits per heavy atom. The second-order valence-electron chi connectivity index (χ2n) is 8.78. The first kappa shape index (κ1) is 20.3. The topological polar surface area (TPSA) is 59.5 Å². The maximum atomic E-state index is 13.2. The average molecular weight is 393 g/mol. The molecule has 1 aliphatic carbocycles. The van der Waals surface area contributed by atoms with Gasteiger partial charge < -0.3 is 4.74 Å². The molecule has 27 heavy (non-hydrogen) atoms. The van der Waals surface area contributed by atoms with Crippen molar-refractivity contribution in [3.63, 3.8) is 0 Å².